The Hall–Kier alpha value is -2.12. The lowest BCUT2D eigenvalue weighted by Crippen LogP contribution is -2.56. The predicted octanol–water partition coefficient (Wildman–Crippen LogP) is 0.562. The number of rotatable bonds is 3. The second-order valence-corrected chi connectivity index (χ2v) is 6.62. The number of hydrazine groups is 1. The van der Waals surface area contributed by atoms with E-state index in [1.807, 2.05) is 36.2 Å². The molecule has 2 heterocycles. The lowest BCUT2D eigenvalue weighted by molar-refractivity contribution is -0.117. The summed E-state index contributed by atoms with van der Waals surface area (Å²) in [6.07, 6.45) is 0.337. The molecule has 2 saturated heterocycles. The molecule has 1 atom stereocenters. The van der Waals surface area contributed by atoms with Gasteiger partial charge in [-0.25, -0.2) is 9.80 Å². The molecule has 0 aliphatic carbocycles. The van der Waals surface area contributed by atoms with Crippen molar-refractivity contribution >= 4 is 17.6 Å². The summed E-state index contributed by atoms with van der Waals surface area (Å²) in [6.45, 7) is 6.01. The average Bonchev–Trinajstić information content (AvgIpc) is 2.90. The van der Waals surface area contributed by atoms with Crippen molar-refractivity contribution in [2.75, 3.05) is 44.7 Å². The fourth-order valence-corrected chi connectivity index (χ4v) is 3.06. The second kappa shape index (κ2) is 7.19. The molecule has 7 heteroatoms. The zero-order chi connectivity index (χ0) is 17.1. The van der Waals surface area contributed by atoms with Gasteiger partial charge in [-0.15, -0.1) is 0 Å². The molecule has 0 spiro atoms. The van der Waals surface area contributed by atoms with Crippen LogP contribution in [0, 0.1) is 6.92 Å². The zero-order valence-corrected chi connectivity index (χ0v) is 14.3. The zero-order valence-electron chi connectivity index (χ0n) is 14.3. The highest BCUT2D eigenvalue weighted by Gasteiger charge is 2.31. The van der Waals surface area contributed by atoms with Crippen LogP contribution in [0.25, 0.3) is 0 Å². The van der Waals surface area contributed by atoms with Gasteiger partial charge in [0.15, 0.2) is 0 Å². The van der Waals surface area contributed by atoms with Crippen molar-refractivity contribution in [3.05, 3.63) is 29.8 Å². The predicted molar refractivity (Wildman–Crippen MR) is 92.7 cm³/mol. The molecule has 7 nitrogen and oxygen atoms in total. The number of urea groups is 1. The number of aryl methyl sites for hydroxylation is 1. The SMILES string of the molecule is Cc1ccc(N2C[C@@H](NC(=O)NN3CCN(C)CC3)CC2=O)cc1. The standard InChI is InChI=1S/C17H25N5O2/c1-13-3-5-15(6-4-13)22-12-14(11-16(22)23)18-17(24)19-21-9-7-20(2)8-10-21/h3-6,14H,7-12H2,1-2H3,(H2,18,19,24)/t14-/m0/s1. The van der Waals surface area contributed by atoms with Crippen LogP contribution in [0.15, 0.2) is 24.3 Å². The minimum Gasteiger partial charge on any atom is -0.332 e. The first-order valence-electron chi connectivity index (χ1n) is 8.39. The van der Waals surface area contributed by atoms with Gasteiger partial charge < -0.3 is 15.1 Å². The third-order valence-corrected chi connectivity index (χ3v) is 4.57. The third kappa shape index (κ3) is 4.04. The number of nitrogens with one attached hydrogen (secondary N) is 2. The molecule has 24 heavy (non-hydrogen) atoms. The van der Waals surface area contributed by atoms with Crippen LogP contribution in [-0.4, -0.2) is 67.7 Å². The van der Waals surface area contributed by atoms with Crippen LogP contribution in [0.5, 0.6) is 0 Å². The Balaban J connectivity index is 1.50. The molecule has 2 aliphatic heterocycles. The Labute approximate surface area is 142 Å². The van der Waals surface area contributed by atoms with Gasteiger partial charge in [-0.1, -0.05) is 17.7 Å². The van der Waals surface area contributed by atoms with Crippen LogP contribution in [0.2, 0.25) is 0 Å². The van der Waals surface area contributed by atoms with Gasteiger partial charge in [-0.3, -0.25) is 10.2 Å². The number of likely N-dealkylation sites (N-methyl/N-ethyl adjacent to an activating group) is 1. The summed E-state index contributed by atoms with van der Waals surface area (Å²) in [5.74, 6) is 0.0451. The summed E-state index contributed by atoms with van der Waals surface area (Å²) < 4.78 is 0. The quantitative estimate of drug-likeness (QED) is 0.849. The number of carbonyl (C=O) groups excluding carboxylic acids is 2. The normalized spacial score (nSPS) is 22.7. The summed E-state index contributed by atoms with van der Waals surface area (Å²) in [6, 6.07) is 7.47. The minimum atomic E-state index is -0.233. The van der Waals surface area contributed by atoms with Crippen molar-refractivity contribution in [2.45, 2.75) is 19.4 Å². The van der Waals surface area contributed by atoms with E-state index in [1.54, 1.807) is 4.90 Å². The van der Waals surface area contributed by atoms with Crippen molar-refractivity contribution in [2.24, 2.45) is 0 Å². The van der Waals surface area contributed by atoms with E-state index in [0.29, 0.717) is 13.0 Å². The van der Waals surface area contributed by atoms with E-state index < -0.39 is 0 Å². The summed E-state index contributed by atoms with van der Waals surface area (Å²) >= 11 is 0. The molecule has 2 fully saturated rings. The first-order valence-corrected chi connectivity index (χ1v) is 8.39. The third-order valence-electron chi connectivity index (χ3n) is 4.57. The minimum absolute atomic E-state index is 0.0451. The van der Waals surface area contributed by atoms with E-state index in [4.69, 9.17) is 0 Å². The molecule has 0 unspecified atom stereocenters. The van der Waals surface area contributed by atoms with Crippen LogP contribution < -0.4 is 15.6 Å². The molecule has 0 bridgehead atoms. The maximum absolute atomic E-state index is 12.2. The molecule has 0 saturated carbocycles. The molecule has 0 radical (unpaired) electrons. The highest BCUT2D eigenvalue weighted by atomic mass is 16.2. The van der Waals surface area contributed by atoms with Crippen molar-refractivity contribution in [3.8, 4) is 0 Å². The number of amides is 3. The van der Waals surface area contributed by atoms with Crippen LogP contribution in [0.4, 0.5) is 10.5 Å². The molecule has 1 aromatic carbocycles. The molecular weight excluding hydrogens is 306 g/mol. The first kappa shape index (κ1) is 16.7. The van der Waals surface area contributed by atoms with Crippen LogP contribution in [-0.2, 0) is 4.79 Å². The van der Waals surface area contributed by atoms with Gasteiger partial charge in [0.1, 0.15) is 0 Å². The average molecular weight is 331 g/mol. The summed E-state index contributed by atoms with van der Waals surface area (Å²) in [5.41, 5.74) is 4.91. The van der Waals surface area contributed by atoms with Gasteiger partial charge in [0.25, 0.3) is 0 Å². The van der Waals surface area contributed by atoms with E-state index >= 15 is 0 Å². The lowest BCUT2D eigenvalue weighted by atomic mass is 10.2. The molecule has 2 aliphatic rings. The molecular formula is C17H25N5O2. The Morgan fingerprint density at radius 1 is 1.12 bits per heavy atom. The van der Waals surface area contributed by atoms with Gasteiger partial charge >= 0.3 is 6.03 Å². The highest BCUT2D eigenvalue weighted by Crippen LogP contribution is 2.21. The maximum atomic E-state index is 12.2. The largest absolute Gasteiger partial charge is 0.332 e. The smallest absolute Gasteiger partial charge is 0.329 e. The monoisotopic (exact) mass is 331 g/mol. The Morgan fingerprint density at radius 2 is 1.79 bits per heavy atom. The number of anilines is 1. The van der Waals surface area contributed by atoms with Crippen LogP contribution in [0.1, 0.15) is 12.0 Å². The fourth-order valence-electron chi connectivity index (χ4n) is 3.06. The van der Waals surface area contributed by atoms with Gasteiger partial charge in [0.2, 0.25) is 5.91 Å². The fraction of sp³-hybridized carbons (Fsp3) is 0.529. The second-order valence-electron chi connectivity index (χ2n) is 6.62. The summed E-state index contributed by atoms with van der Waals surface area (Å²) in [7, 11) is 2.07. The van der Waals surface area contributed by atoms with Crippen molar-refractivity contribution in [1.82, 2.24) is 20.7 Å². The van der Waals surface area contributed by atoms with E-state index in [-0.39, 0.29) is 18.0 Å². The first-order chi connectivity index (χ1) is 11.5. The van der Waals surface area contributed by atoms with Gasteiger partial charge in [0, 0.05) is 44.8 Å². The molecule has 2 N–H and O–H groups in total. The van der Waals surface area contributed by atoms with Gasteiger partial charge in [0.05, 0.1) is 6.04 Å². The van der Waals surface area contributed by atoms with Gasteiger partial charge in [-0.2, -0.15) is 0 Å². The number of hydrogen-bond acceptors (Lipinski definition) is 4. The Bertz CT molecular complexity index is 596. The van der Waals surface area contributed by atoms with Crippen molar-refractivity contribution in [1.29, 1.82) is 0 Å². The molecule has 1 aromatic rings. The van der Waals surface area contributed by atoms with Gasteiger partial charge in [-0.05, 0) is 26.1 Å². The van der Waals surface area contributed by atoms with Crippen LogP contribution >= 0.6 is 0 Å². The summed E-state index contributed by atoms with van der Waals surface area (Å²) in [5, 5.41) is 4.83. The van der Waals surface area contributed by atoms with E-state index in [9.17, 15) is 9.59 Å². The summed E-state index contributed by atoms with van der Waals surface area (Å²) in [4.78, 5) is 28.3. The number of hydrogen-bond donors (Lipinski definition) is 2. The maximum Gasteiger partial charge on any atom is 0.329 e. The van der Waals surface area contributed by atoms with Crippen LogP contribution in [0.3, 0.4) is 0 Å². The Morgan fingerprint density at radius 3 is 2.46 bits per heavy atom. The molecule has 3 amide bonds. The van der Waals surface area contributed by atoms with E-state index in [2.05, 4.69) is 22.7 Å². The van der Waals surface area contributed by atoms with E-state index in [1.165, 1.54) is 0 Å². The number of piperazine rings is 1. The highest BCUT2D eigenvalue weighted by molar-refractivity contribution is 5.96. The number of carbonyl (C=O) groups is 2. The lowest BCUT2D eigenvalue weighted by Gasteiger charge is -2.32. The van der Waals surface area contributed by atoms with E-state index in [0.717, 1.165) is 37.4 Å². The molecule has 130 valence electrons. The topological polar surface area (TPSA) is 67.9 Å². The Kier molecular flexibility index (Phi) is 5.01. The van der Waals surface area contributed by atoms with Crippen molar-refractivity contribution < 1.29 is 9.59 Å². The molecule has 3 rings (SSSR count). The number of nitrogens with zero attached hydrogens (tertiary/aromatic N) is 3. The molecule has 0 aromatic heterocycles. The number of benzene rings is 1. The van der Waals surface area contributed by atoms with Crippen molar-refractivity contribution in [3.63, 3.8) is 0 Å².